The van der Waals surface area contributed by atoms with Gasteiger partial charge in [-0.3, -0.25) is 14.4 Å². The van der Waals surface area contributed by atoms with Crippen molar-refractivity contribution in [1.82, 2.24) is 10.2 Å². The van der Waals surface area contributed by atoms with Crippen LogP contribution in [-0.2, 0) is 14.4 Å². The lowest BCUT2D eigenvalue weighted by Gasteiger charge is -2.24. The third kappa shape index (κ3) is 4.22. The predicted octanol–water partition coefficient (Wildman–Crippen LogP) is -0.260. The fourth-order valence-corrected chi connectivity index (χ4v) is 1.61. The molecule has 1 fully saturated rings. The Kier molecular flexibility index (Phi) is 4.15. The lowest BCUT2D eigenvalue weighted by Crippen LogP contribution is -2.49. The van der Waals surface area contributed by atoms with Crippen LogP contribution in [0.4, 0.5) is 13.2 Å². The number of hydrogen-bond donors (Lipinski definition) is 2. The smallest absolute Gasteiger partial charge is 0.406 e. The van der Waals surface area contributed by atoms with Gasteiger partial charge in [-0.15, -0.1) is 0 Å². The van der Waals surface area contributed by atoms with Gasteiger partial charge in [0, 0.05) is 6.42 Å². The van der Waals surface area contributed by atoms with Gasteiger partial charge in [0.2, 0.25) is 11.8 Å². The quantitative estimate of drug-likeness (QED) is 0.735. The molecule has 0 spiro atoms. The van der Waals surface area contributed by atoms with Gasteiger partial charge in [-0.25, -0.2) is 0 Å². The number of carboxylic acids is 1. The molecule has 9 heteroatoms. The molecule has 18 heavy (non-hydrogen) atoms. The van der Waals surface area contributed by atoms with E-state index in [2.05, 4.69) is 5.32 Å². The molecule has 0 bridgehead atoms. The molecule has 1 atom stereocenters. The first-order valence-corrected chi connectivity index (χ1v) is 5.06. The average Bonchev–Trinajstić information content (AvgIpc) is 2.59. The minimum absolute atomic E-state index is 0.0450. The van der Waals surface area contributed by atoms with Crippen molar-refractivity contribution >= 4 is 17.8 Å². The molecule has 1 saturated heterocycles. The molecule has 1 aliphatic heterocycles. The third-order valence-electron chi connectivity index (χ3n) is 2.30. The summed E-state index contributed by atoms with van der Waals surface area (Å²) in [6.45, 7) is -2.70. The molecule has 2 amide bonds. The Morgan fingerprint density at radius 3 is 2.44 bits per heavy atom. The maximum atomic E-state index is 12.2. The van der Waals surface area contributed by atoms with Crippen LogP contribution in [0.25, 0.3) is 0 Å². The van der Waals surface area contributed by atoms with Crippen LogP contribution in [0.5, 0.6) is 0 Å². The molecule has 0 radical (unpaired) electrons. The van der Waals surface area contributed by atoms with Gasteiger partial charge in [0.25, 0.3) is 0 Å². The van der Waals surface area contributed by atoms with Crippen molar-refractivity contribution in [3.8, 4) is 0 Å². The summed E-state index contributed by atoms with van der Waals surface area (Å²) in [4.78, 5) is 33.1. The highest BCUT2D eigenvalue weighted by molar-refractivity contribution is 5.92. The molecule has 0 aromatic rings. The van der Waals surface area contributed by atoms with Gasteiger partial charge in [-0.2, -0.15) is 13.2 Å². The Bertz CT molecular complexity index is 369. The second-order valence-electron chi connectivity index (χ2n) is 3.86. The monoisotopic (exact) mass is 268 g/mol. The molecule has 2 N–H and O–H groups in total. The van der Waals surface area contributed by atoms with Crippen LogP contribution < -0.4 is 5.32 Å². The lowest BCUT2D eigenvalue weighted by atomic mass is 10.2. The van der Waals surface area contributed by atoms with Crippen LogP contribution in [-0.4, -0.2) is 53.1 Å². The molecule has 102 valence electrons. The van der Waals surface area contributed by atoms with Gasteiger partial charge in [-0.05, 0) is 6.42 Å². The van der Waals surface area contributed by atoms with Crippen LogP contribution in [0.1, 0.15) is 12.8 Å². The number of carbonyl (C=O) groups excluding carboxylic acids is 2. The first kappa shape index (κ1) is 14.3. The highest BCUT2D eigenvalue weighted by atomic mass is 19.4. The van der Waals surface area contributed by atoms with Crippen LogP contribution in [0, 0.1) is 0 Å². The van der Waals surface area contributed by atoms with Crippen molar-refractivity contribution < 1.29 is 32.7 Å². The predicted molar refractivity (Wildman–Crippen MR) is 51.4 cm³/mol. The first-order valence-electron chi connectivity index (χ1n) is 5.06. The summed E-state index contributed by atoms with van der Waals surface area (Å²) in [7, 11) is 0. The van der Waals surface area contributed by atoms with Crippen molar-refractivity contribution in [3.63, 3.8) is 0 Å². The standard InChI is InChI=1S/C9H11F3N2O4/c10-9(11,12)4-14(3-7(16)17)8(18)5-1-2-6(15)13-5/h5H,1-4H2,(H,13,15)(H,16,17)/t5-/m1/s1. The van der Waals surface area contributed by atoms with E-state index in [-0.39, 0.29) is 17.7 Å². The van der Waals surface area contributed by atoms with Crippen LogP contribution in [0.2, 0.25) is 0 Å². The van der Waals surface area contributed by atoms with E-state index in [1.165, 1.54) is 0 Å². The van der Waals surface area contributed by atoms with Crippen molar-refractivity contribution in [3.05, 3.63) is 0 Å². The topological polar surface area (TPSA) is 86.7 Å². The summed E-state index contributed by atoms with van der Waals surface area (Å²) in [5.74, 6) is -3.01. The Hall–Kier alpha value is -1.80. The van der Waals surface area contributed by atoms with E-state index in [0.717, 1.165) is 0 Å². The van der Waals surface area contributed by atoms with Gasteiger partial charge in [0.15, 0.2) is 0 Å². The van der Waals surface area contributed by atoms with Gasteiger partial charge >= 0.3 is 12.1 Å². The van der Waals surface area contributed by atoms with Crippen LogP contribution in [0.15, 0.2) is 0 Å². The number of halogens is 3. The summed E-state index contributed by atoms with van der Waals surface area (Å²) in [5, 5.41) is 10.7. The van der Waals surface area contributed by atoms with E-state index in [1.807, 2.05) is 0 Å². The Morgan fingerprint density at radius 2 is 2.06 bits per heavy atom. The van der Waals surface area contributed by atoms with Crippen molar-refractivity contribution in [2.75, 3.05) is 13.1 Å². The summed E-state index contributed by atoms with van der Waals surface area (Å²) in [5.41, 5.74) is 0. The zero-order valence-corrected chi connectivity index (χ0v) is 9.16. The Morgan fingerprint density at radius 1 is 1.44 bits per heavy atom. The van der Waals surface area contributed by atoms with Crippen molar-refractivity contribution in [2.45, 2.75) is 25.1 Å². The van der Waals surface area contributed by atoms with E-state index in [9.17, 15) is 27.6 Å². The number of aliphatic carboxylic acids is 1. The molecular formula is C9H11F3N2O4. The zero-order valence-electron chi connectivity index (χ0n) is 9.16. The largest absolute Gasteiger partial charge is 0.480 e. The van der Waals surface area contributed by atoms with Crippen LogP contribution in [0.3, 0.4) is 0 Å². The molecule has 0 saturated carbocycles. The minimum Gasteiger partial charge on any atom is -0.480 e. The summed E-state index contributed by atoms with van der Waals surface area (Å²) in [6.07, 6.45) is -4.57. The van der Waals surface area contributed by atoms with Gasteiger partial charge in [0.1, 0.15) is 19.1 Å². The lowest BCUT2D eigenvalue weighted by molar-refractivity contribution is -0.166. The Balaban J connectivity index is 2.72. The van der Waals surface area contributed by atoms with E-state index < -0.39 is 43.1 Å². The number of alkyl halides is 3. The highest BCUT2D eigenvalue weighted by Crippen LogP contribution is 2.18. The number of rotatable bonds is 4. The van der Waals surface area contributed by atoms with Crippen LogP contribution >= 0.6 is 0 Å². The fraction of sp³-hybridized carbons (Fsp3) is 0.667. The number of nitrogens with zero attached hydrogens (tertiary/aromatic N) is 1. The molecule has 1 heterocycles. The highest BCUT2D eigenvalue weighted by Gasteiger charge is 2.38. The summed E-state index contributed by atoms with van der Waals surface area (Å²) >= 11 is 0. The van der Waals surface area contributed by atoms with Crippen molar-refractivity contribution in [1.29, 1.82) is 0 Å². The SMILES string of the molecule is O=C(O)CN(CC(F)(F)F)C(=O)[C@H]1CCC(=O)N1. The Labute approximate surface area is 99.7 Å². The number of nitrogens with one attached hydrogen (secondary N) is 1. The molecule has 1 aliphatic rings. The van der Waals surface area contributed by atoms with E-state index in [0.29, 0.717) is 0 Å². The van der Waals surface area contributed by atoms with E-state index in [1.54, 1.807) is 0 Å². The van der Waals surface area contributed by atoms with Gasteiger partial charge < -0.3 is 15.3 Å². The normalized spacial score (nSPS) is 19.5. The van der Waals surface area contributed by atoms with Gasteiger partial charge in [-0.1, -0.05) is 0 Å². The summed E-state index contributed by atoms with van der Waals surface area (Å²) < 4.78 is 36.6. The van der Waals surface area contributed by atoms with E-state index in [4.69, 9.17) is 5.11 Å². The molecule has 0 aromatic carbocycles. The number of carboxylic acid groups (broad SMARTS) is 1. The zero-order chi connectivity index (χ0) is 13.9. The minimum atomic E-state index is -4.69. The molecule has 0 aliphatic carbocycles. The number of amides is 2. The average molecular weight is 268 g/mol. The third-order valence-corrected chi connectivity index (χ3v) is 2.30. The molecule has 1 rings (SSSR count). The van der Waals surface area contributed by atoms with E-state index >= 15 is 0 Å². The number of hydrogen-bond acceptors (Lipinski definition) is 3. The van der Waals surface area contributed by atoms with Gasteiger partial charge in [0.05, 0.1) is 0 Å². The second-order valence-corrected chi connectivity index (χ2v) is 3.86. The molecule has 6 nitrogen and oxygen atoms in total. The van der Waals surface area contributed by atoms with Crippen molar-refractivity contribution in [2.24, 2.45) is 0 Å². The fourth-order valence-electron chi connectivity index (χ4n) is 1.61. The first-order chi connectivity index (χ1) is 8.19. The molecule has 0 unspecified atom stereocenters. The second kappa shape index (κ2) is 5.23. The molecule has 0 aromatic heterocycles. The summed E-state index contributed by atoms with van der Waals surface area (Å²) in [6, 6.07) is -1.07. The molecular weight excluding hydrogens is 257 g/mol. The maximum Gasteiger partial charge on any atom is 0.406 e. The maximum absolute atomic E-state index is 12.2. The number of carbonyl (C=O) groups is 3.